The van der Waals surface area contributed by atoms with Crippen molar-refractivity contribution in [2.45, 2.75) is 45.6 Å². The van der Waals surface area contributed by atoms with Gasteiger partial charge in [-0.05, 0) is 27.7 Å². The molecule has 5 nitrogen and oxygen atoms in total. The van der Waals surface area contributed by atoms with Gasteiger partial charge in [0.15, 0.2) is 0 Å². The fraction of sp³-hybridized carbons (Fsp3) is 0.714. The van der Waals surface area contributed by atoms with Gasteiger partial charge in [0.05, 0.1) is 19.6 Å². The van der Waals surface area contributed by atoms with E-state index < -0.39 is 36.6 Å². The van der Waals surface area contributed by atoms with Crippen molar-refractivity contribution in [3.8, 4) is 0 Å². The summed E-state index contributed by atoms with van der Waals surface area (Å²) in [4.78, 5) is 24.0. The molecule has 120 valence electrons. The summed E-state index contributed by atoms with van der Waals surface area (Å²) in [6.45, 7) is 5.92. The lowest BCUT2D eigenvalue weighted by atomic mass is 10.0. The molecule has 21 heavy (non-hydrogen) atoms. The number of nitrogens with zero attached hydrogens (tertiary/aromatic N) is 1. The first-order chi connectivity index (χ1) is 9.55. The van der Waals surface area contributed by atoms with Crippen molar-refractivity contribution in [1.29, 1.82) is 0 Å². The average Bonchev–Trinajstić information content (AvgIpc) is 2.29. The second-order valence-corrected chi connectivity index (χ2v) is 5.78. The molecular formula is C14H21F2NO4. The quantitative estimate of drug-likeness (QED) is 0.594. The van der Waals surface area contributed by atoms with Crippen molar-refractivity contribution < 1.29 is 27.8 Å². The van der Waals surface area contributed by atoms with Crippen LogP contribution in [0, 0.1) is 0 Å². The van der Waals surface area contributed by atoms with Crippen LogP contribution in [0.4, 0.5) is 13.6 Å². The van der Waals surface area contributed by atoms with Gasteiger partial charge in [0.25, 0.3) is 5.92 Å². The van der Waals surface area contributed by atoms with E-state index in [0.29, 0.717) is 0 Å². The van der Waals surface area contributed by atoms with E-state index in [1.807, 2.05) is 0 Å². The second-order valence-electron chi connectivity index (χ2n) is 5.78. The molecule has 0 saturated carbocycles. The minimum absolute atomic E-state index is 0.0146. The standard InChI is InChI=1S/C14H21F2NO4/c1-5-20-11(18)8-10-6-7-17(9-14(10,15)16)12(19)21-13(2,3)4/h6H,5,7-9H2,1-4H3. The molecule has 0 aliphatic carbocycles. The zero-order chi connectivity index (χ0) is 16.3. The van der Waals surface area contributed by atoms with Crippen molar-refractivity contribution >= 4 is 12.1 Å². The lowest BCUT2D eigenvalue weighted by Crippen LogP contribution is -2.47. The Hall–Kier alpha value is -1.66. The smallest absolute Gasteiger partial charge is 0.410 e. The van der Waals surface area contributed by atoms with E-state index in [1.165, 1.54) is 6.08 Å². The van der Waals surface area contributed by atoms with Crippen LogP contribution in [-0.2, 0) is 14.3 Å². The summed E-state index contributed by atoms with van der Waals surface area (Å²) < 4.78 is 37.7. The molecule has 1 amide bonds. The third kappa shape index (κ3) is 5.32. The highest BCUT2D eigenvalue weighted by Gasteiger charge is 2.42. The van der Waals surface area contributed by atoms with Crippen molar-refractivity contribution in [1.82, 2.24) is 4.90 Å². The summed E-state index contributed by atoms with van der Waals surface area (Å²) in [6.07, 6.45) is -0.0820. The summed E-state index contributed by atoms with van der Waals surface area (Å²) in [6, 6.07) is 0. The minimum atomic E-state index is -3.26. The van der Waals surface area contributed by atoms with Crippen LogP contribution in [0.5, 0.6) is 0 Å². The van der Waals surface area contributed by atoms with Gasteiger partial charge in [-0.1, -0.05) is 6.08 Å². The molecule has 0 N–H and O–H groups in total. The van der Waals surface area contributed by atoms with E-state index in [1.54, 1.807) is 27.7 Å². The summed E-state index contributed by atoms with van der Waals surface area (Å²) in [5.41, 5.74) is -1.07. The first-order valence-electron chi connectivity index (χ1n) is 6.76. The zero-order valence-corrected chi connectivity index (χ0v) is 12.7. The third-order valence-corrected chi connectivity index (χ3v) is 2.71. The highest BCUT2D eigenvalue weighted by atomic mass is 19.3. The maximum Gasteiger partial charge on any atom is 0.410 e. The Labute approximate surface area is 122 Å². The Balaban J connectivity index is 2.73. The molecule has 0 saturated heterocycles. The van der Waals surface area contributed by atoms with Crippen LogP contribution in [-0.4, -0.2) is 48.2 Å². The summed E-state index contributed by atoms with van der Waals surface area (Å²) >= 11 is 0. The largest absolute Gasteiger partial charge is 0.466 e. The van der Waals surface area contributed by atoms with Crippen molar-refractivity contribution in [2.24, 2.45) is 0 Å². The molecule has 0 atom stereocenters. The molecule has 0 aromatic carbocycles. The normalized spacial score (nSPS) is 18.0. The number of ether oxygens (including phenoxy) is 2. The molecule has 1 aliphatic rings. The molecule has 1 aliphatic heterocycles. The molecule has 0 spiro atoms. The fourth-order valence-electron chi connectivity index (χ4n) is 1.81. The predicted molar refractivity (Wildman–Crippen MR) is 72.1 cm³/mol. The molecular weight excluding hydrogens is 284 g/mol. The summed E-state index contributed by atoms with van der Waals surface area (Å²) in [5.74, 6) is -3.96. The van der Waals surface area contributed by atoms with E-state index in [4.69, 9.17) is 4.74 Å². The number of carbonyl (C=O) groups is 2. The Kier molecular flexibility index (Phi) is 5.31. The molecule has 0 unspecified atom stereocenters. The monoisotopic (exact) mass is 305 g/mol. The molecule has 0 bridgehead atoms. The Morgan fingerprint density at radius 1 is 1.38 bits per heavy atom. The van der Waals surface area contributed by atoms with E-state index in [2.05, 4.69) is 4.74 Å². The molecule has 0 aromatic rings. The van der Waals surface area contributed by atoms with Gasteiger partial charge in [0, 0.05) is 12.1 Å². The van der Waals surface area contributed by atoms with Gasteiger partial charge in [-0.3, -0.25) is 9.69 Å². The topological polar surface area (TPSA) is 55.8 Å². The van der Waals surface area contributed by atoms with Gasteiger partial charge in [-0.15, -0.1) is 0 Å². The Morgan fingerprint density at radius 2 is 2.00 bits per heavy atom. The predicted octanol–water partition coefficient (Wildman–Crippen LogP) is 2.75. The van der Waals surface area contributed by atoms with Crippen molar-refractivity contribution in [3.05, 3.63) is 11.6 Å². The molecule has 0 fully saturated rings. The number of carbonyl (C=O) groups excluding carboxylic acids is 2. The molecule has 1 rings (SSSR count). The Morgan fingerprint density at radius 3 is 2.48 bits per heavy atom. The number of amides is 1. The highest BCUT2D eigenvalue weighted by molar-refractivity contribution is 5.74. The zero-order valence-electron chi connectivity index (χ0n) is 12.7. The van der Waals surface area contributed by atoms with Gasteiger partial charge in [0.2, 0.25) is 0 Å². The van der Waals surface area contributed by atoms with Crippen LogP contribution in [0.25, 0.3) is 0 Å². The number of rotatable bonds is 3. The molecule has 0 radical (unpaired) electrons. The van der Waals surface area contributed by atoms with Crippen LogP contribution in [0.1, 0.15) is 34.1 Å². The van der Waals surface area contributed by atoms with Crippen molar-refractivity contribution in [2.75, 3.05) is 19.7 Å². The van der Waals surface area contributed by atoms with Crippen LogP contribution in [0.15, 0.2) is 11.6 Å². The van der Waals surface area contributed by atoms with E-state index in [9.17, 15) is 18.4 Å². The number of halogens is 2. The molecule has 1 heterocycles. The fourth-order valence-corrected chi connectivity index (χ4v) is 1.81. The van der Waals surface area contributed by atoms with E-state index in [0.717, 1.165) is 4.90 Å². The van der Waals surface area contributed by atoms with Gasteiger partial charge in [0.1, 0.15) is 5.60 Å². The first-order valence-corrected chi connectivity index (χ1v) is 6.76. The Bertz CT molecular complexity index is 441. The van der Waals surface area contributed by atoms with Crippen LogP contribution in [0.3, 0.4) is 0 Å². The summed E-state index contributed by atoms with van der Waals surface area (Å²) in [5, 5.41) is 0. The lowest BCUT2D eigenvalue weighted by molar-refractivity contribution is -0.143. The van der Waals surface area contributed by atoms with Gasteiger partial charge in [-0.25, -0.2) is 4.79 Å². The highest BCUT2D eigenvalue weighted by Crippen LogP contribution is 2.32. The average molecular weight is 305 g/mol. The number of hydrogen-bond donors (Lipinski definition) is 0. The SMILES string of the molecule is CCOC(=O)CC1=CCN(C(=O)OC(C)(C)C)CC1(F)F. The molecule has 7 heteroatoms. The maximum atomic E-state index is 14.0. The van der Waals surface area contributed by atoms with E-state index >= 15 is 0 Å². The lowest BCUT2D eigenvalue weighted by Gasteiger charge is -2.33. The summed E-state index contributed by atoms with van der Waals surface area (Å²) in [7, 11) is 0. The third-order valence-electron chi connectivity index (χ3n) is 2.71. The number of esters is 1. The van der Waals surface area contributed by atoms with Crippen molar-refractivity contribution in [3.63, 3.8) is 0 Å². The number of alkyl halides is 2. The van der Waals surface area contributed by atoms with Gasteiger partial charge >= 0.3 is 12.1 Å². The second kappa shape index (κ2) is 6.41. The van der Waals surface area contributed by atoms with Crippen LogP contribution < -0.4 is 0 Å². The van der Waals surface area contributed by atoms with Crippen LogP contribution >= 0.6 is 0 Å². The van der Waals surface area contributed by atoms with Gasteiger partial charge < -0.3 is 9.47 Å². The van der Waals surface area contributed by atoms with Crippen LogP contribution in [0.2, 0.25) is 0 Å². The number of hydrogen-bond acceptors (Lipinski definition) is 4. The minimum Gasteiger partial charge on any atom is -0.466 e. The van der Waals surface area contributed by atoms with E-state index in [-0.39, 0.29) is 18.7 Å². The maximum absolute atomic E-state index is 14.0. The first kappa shape index (κ1) is 17.4. The molecule has 0 aromatic heterocycles. The van der Waals surface area contributed by atoms with Gasteiger partial charge in [-0.2, -0.15) is 8.78 Å².